The fourth-order valence-corrected chi connectivity index (χ4v) is 7.37. The third-order valence-corrected chi connectivity index (χ3v) is 11.4. The van der Waals surface area contributed by atoms with E-state index in [1.54, 1.807) is 52.7 Å². The van der Waals surface area contributed by atoms with Gasteiger partial charge < -0.3 is 56.0 Å². The maximum atomic E-state index is 11.7. The highest BCUT2D eigenvalue weighted by Crippen LogP contribution is 2.38. The quantitative estimate of drug-likeness (QED) is 0.0360. The van der Waals surface area contributed by atoms with E-state index < -0.39 is 11.9 Å². The van der Waals surface area contributed by atoms with Gasteiger partial charge >= 0.3 is 17.9 Å². The molecule has 0 saturated carbocycles. The lowest BCUT2D eigenvalue weighted by atomic mass is 10.0. The highest BCUT2D eigenvalue weighted by atomic mass is 127. The summed E-state index contributed by atoms with van der Waals surface area (Å²) in [5, 5.41) is 25.5. The van der Waals surface area contributed by atoms with Gasteiger partial charge in [0.15, 0.2) is 0 Å². The van der Waals surface area contributed by atoms with Crippen LogP contribution in [0.4, 0.5) is 34.1 Å². The van der Waals surface area contributed by atoms with Gasteiger partial charge in [-0.3, -0.25) is 0 Å². The van der Waals surface area contributed by atoms with Gasteiger partial charge in [0.05, 0.1) is 86.4 Å². The van der Waals surface area contributed by atoms with Crippen molar-refractivity contribution in [2.75, 3.05) is 57.6 Å². The van der Waals surface area contributed by atoms with E-state index in [0.29, 0.717) is 62.7 Å². The van der Waals surface area contributed by atoms with Gasteiger partial charge in [0.1, 0.15) is 23.0 Å². The first-order valence-electron chi connectivity index (χ1n) is 20.8. The number of nitrogens with two attached hydrogens (primary N) is 2. The van der Waals surface area contributed by atoms with E-state index in [-0.39, 0.29) is 17.1 Å². The van der Waals surface area contributed by atoms with Crippen LogP contribution in [-0.2, 0) is 4.74 Å². The number of halogens is 1. The van der Waals surface area contributed by atoms with Crippen LogP contribution in [0.1, 0.15) is 47.8 Å². The number of carboxylic acids is 2. The number of carbonyl (C=O) groups is 3. The van der Waals surface area contributed by atoms with E-state index in [0.717, 1.165) is 42.5 Å². The smallest absolute Gasteiger partial charge is 0.338 e. The molecule has 352 valence electrons. The van der Waals surface area contributed by atoms with E-state index in [4.69, 9.17) is 30.4 Å². The Hall–Kier alpha value is -7.92. The molecule has 8 N–H and O–H groups in total. The Balaban J connectivity index is 0.000000235. The number of nitrogens with one attached hydrogen (secondary N) is 2. The highest BCUT2D eigenvalue weighted by molar-refractivity contribution is 14.1. The van der Waals surface area contributed by atoms with Gasteiger partial charge in [0.2, 0.25) is 0 Å². The number of nitrogen functional groups attached to an aromatic ring is 2. The van der Waals surface area contributed by atoms with E-state index in [1.807, 2.05) is 124 Å². The Bertz CT molecular complexity index is 2790. The number of esters is 1. The predicted octanol–water partition coefficient (Wildman–Crippen LogP) is 11.8. The van der Waals surface area contributed by atoms with Crippen molar-refractivity contribution in [2.24, 2.45) is 0 Å². The zero-order chi connectivity index (χ0) is 49.7. The summed E-state index contributed by atoms with van der Waals surface area (Å²) in [6, 6.07) is 38.5. The van der Waals surface area contributed by atoms with Crippen molar-refractivity contribution in [1.82, 2.24) is 0 Å². The summed E-state index contributed by atoms with van der Waals surface area (Å²) in [6.07, 6.45) is 0. The number of aryl methyl sites for hydroxylation is 3. The molecule has 0 atom stereocenters. The third-order valence-electron chi connectivity index (χ3n) is 10.4. The van der Waals surface area contributed by atoms with Crippen molar-refractivity contribution in [1.29, 1.82) is 0 Å². The summed E-state index contributed by atoms with van der Waals surface area (Å²) in [5.74, 6) is 0.0646. The molecule has 15 heteroatoms. The van der Waals surface area contributed by atoms with Crippen molar-refractivity contribution in [3.63, 3.8) is 0 Å². The minimum Gasteiger partial charge on any atom is -0.495 e. The van der Waals surface area contributed by atoms with Crippen LogP contribution in [0.15, 0.2) is 127 Å². The van der Waals surface area contributed by atoms with E-state index in [9.17, 15) is 24.6 Å². The van der Waals surface area contributed by atoms with Crippen LogP contribution in [0.5, 0.6) is 23.0 Å². The second-order valence-corrected chi connectivity index (χ2v) is 16.3. The molecule has 0 spiro atoms. The first kappa shape index (κ1) is 51.1. The monoisotopic (exact) mass is 1030 g/mol. The number of carbonyl (C=O) groups excluding carboxylic acids is 1. The molecule has 7 aromatic rings. The van der Waals surface area contributed by atoms with Crippen LogP contribution < -0.4 is 41.0 Å². The zero-order valence-corrected chi connectivity index (χ0v) is 41.0. The zero-order valence-electron chi connectivity index (χ0n) is 38.8. The Kier molecular flexibility index (Phi) is 17.7. The molecular formula is C53H53IN4O10. The molecule has 0 aromatic heterocycles. The van der Waals surface area contributed by atoms with Gasteiger partial charge in [-0.1, -0.05) is 59.2 Å². The lowest BCUT2D eigenvalue weighted by molar-refractivity contribution is 0.0597. The first-order valence-corrected chi connectivity index (χ1v) is 21.9. The number of methoxy groups -OCH3 is 5. The SMILES string of the molecule is COC(=O)c1cc(C)ccc1I.COc1cc(-c2ccc(N)c(OC)c2)ccc1N.COc1cc(-c2ccc(Nc3ccc(C)cc3C(=O)O)c(OC)c2)ccc1Nc1ccc(C)cc1C(=O)O. The standard InChI is InChI=1S/C30H28N2O6.C14H16N2O2.C9H9IO2/c1-17-5-9-23(21(13-17)29(33)34)31-25-11-7-19(15-27(25)37-3)20-8-12-26(28(16-20)38-4)32-24-10-6-18(2)14-22(24)30(35)36;1-17-13-7-9(3-5-11(13)15)10-4-6-12(16)14(8-10)18-2;1-6-3-4-8(10)7(5-6)9(11)12-2/h5-16,31-32H,1-4H3,(H,33,34)(H,35,36);3-8H,15-16H2,1-2H3;3-5H,1-2H3. The fourth-order valence-electron chi connectivity index (χ4n) is 6.81. The molecule has 7 aromatic carbocycles. The van der Waals surface area contributed by atoms with Crippen LogP contribution in [0.3, 0.4) is 0 Å². The number of rotatable bonds is 13. The van der Waals surface area contributed by atoms with Gasteiger partial charge in [0, 0.05) is 3.57 Å². The van der Waals surface area contributed by atoms with Crippen molar-refractivity contribution in [3.05, 3.63) is 164 Å². The van der Waals surface area contributed by atoms with Crippen LogP contribution in [0, 0.1) is 24.3 Å². The molecule has 68 heavy (non-hydrogen) atoms. The molecule has 0 saturated heterocycles. The number of benzene rings is 7. The summed E-state index contributed by atoms with van der Waals surface area (Å²) in [4.78, 5) is 34.6. The Morgan fingerprint density at radius 1 is 0.441 bits per heavy atom. The van der Waals surface area contributed by atoms with Crippen LogP contribution in [-0.4, -0.2) is 63.7 Å². The lowest BCUT2D eigenvalue weighted by Gasteiger charge is -2.17. The Morgan fingerprint density at radius 2 is 0.765 bits per heavy atom. The Labute approximate surface area is 408 Å². The van der Waals surface area contributed by atoms with Crippen molar-refractivity contribution in [2.45, 2.75) is 20.8 Å². The van der Waals surface area contributed by atoms with Crippen LogP contribution >= 0.6 is 22.6 Å². The third kappa shape index (κ3) is 12.9. The molecule has 0 aliphatic heterocycles. The topological polar surface area (TPSA) is 214 Å². The van der Waals surface area contributed by atoms with Gasteiger partial charge in [0.25, 0.3) is 0 Å². The van der Waals surface area contributed by atoms with Gasteiger partial charge in [-0.15, -0.1) is 0 Å². The number of anilines is 6. The number of ether oxygens (including phenoxy) is 5. The predicted molar refractivity (Wildman–Crippen MR) is 277 cm³/mol. The summed E-state index contributed by atoms with van der Waals surface area (Å²) in [6.45, 7) is 5.63. The second kappa shape index (κ2) is 23.5. The number of hydrogen-bond donors (Lipinski definition) is 6. The molecule has 0 fully saturated rings. The molecule has 0 heterocycles. The summed E-state index contributed by atoms with van der Waals surface area (Å²) < 4.78 is 27.2. The average Bonchev–Trinajstić information content (AvgIpc) is 3.33. The van der Waals surface area contributed by atoms with Crippen molar-refractivity contribution in [3.8, 4) is 45.3 Å². The molecule has 0 aliphatic rings. The molecule has 0 amide bonds. The molecule has 14 nitrogen and oxygen atoms in total. The van der Waals surface area contributed by atoms with Crippen molar-refractivity contribution >= 4 is 74.6 Å². The van der Waals surface area contributed by atoms with E-state index in [2.05, 4.69) is 38.0 Å². The normalized spacial score (nSPS) is 10.2. The van der Waals surface area contributed by atoms with Crippen LogP contribution in [0.2, 0.25) is 0 Å². The van der Waals surface area contributed by atoms with E-state index in [1.165, 1.54) is 7.11 Å². The van der Waals surface area contributed by atoms with Crippen molar-refractivity contribution < 1.29 is 48.3 Å². The summed E-state index contributed by atoms with van der Waals surface area (Å²) in [5.41, 5.74) is 22.4. The van der Waals surface area contributed by atoms with E-state index >= 15 is 0 Å². The molecular weight excluding hydrogens is 980 g/mol. The van der Waals surface area contributed by atoms with Gasteiger partial charge in [-0.25, -0.2) is 14.4 Å². The average molecular weight is 1030 g/mol. The largest absolute Gasteiger partial charge is 0.495 e. The summed E-state index contributed by atoms with van der Waals surface area (Å²) in [7, 11) is 7.68. The fraction of sp³-hybridized carbons (Fsp3) is 0.151. The molecule has 7 rings (SSSR count). The maximum absolute atomic E-state index is 11.7. The molecule has 0 bridgehead atoms. The molecule has 0 aliphatic carbocycles. The molecule has 0 unspecified atom stereocenters. The van der Waals surface area contributed by atoms with Gasteiger partial charge in [-0.05, 0) is 151 Å². The lowest BCUT2D eigenvalue weighted by Crippen LogP contribution is -2.04. The van der Waals surface area contributed by atoms with Crippen LogP contribution in [0.25, 0.3) is 22.3 Å². The minimum atomic E-state index is -1.02. The molecule has 0 radical (unpaired) electrons. The Morgan fingerprint density at radius 3 is 1.12 bits per heavy atom. The summed E-state index contributed by atoms with van der Waals surface area (Å²) >= 11 is 2.11. The number of aromatic carboxylic acids is 2. The number of hydrogen-bond acceptors (Lipinski definition) is 12. The first-order chi connectivity index (χ1) is 32.5. The number of carboxylic acid groups (broad SMARTS) is 2. The second-order valence-electron chi connectivity index (χ2n) is 15.2. The maximum Gasteiger partial charge on any atom is 0.338 e. The minimum absolute atomic E-state index is 0.170. The highest BCUT2D eigenvalue weighted by Gasteiger charge is 2.16. The van der Waals surface area contributed by atoms with Gasteiger partial charge in [-0.2, -0.15) is 0 Å².